The van der Waals surface area contributed by atoms with Gasteiger partial charge in [-0.3, -0.25) is 4.79 Å². The summed E-state index contributed by atoms with van der Waals surface area (Å²) in [5.74, 6) is -0.265. The van der Waals surface area contributed by atoms with Crippen LogP contribution < -0.4 is 5.32 Å². The second-order valence-electron chi connectivity index (χ2n) is 5.11. The van der Waals surface area contributed by atoms with Crippen molar-refractivity contribution >= 4 is 11.6 Å². The first-order chi connectivity index (χ1) is 10.6. The van der Waals surface area contributed by atoms with Crippen molar-refractivity contribution in [3.63, 3.8) is 0 Å². The number of hydrogen-bond donors (Lipinski definition) is 2. The molecule has 0 aliphatic heterocycles. The fraction of sp³-hybridized carbons (Fsp3) is 0.188. The Balaban J connectivity index is 1.88. The molecule has 2 heterocycles. The van der Waals surface area contributed by atoms with E-state index in [1.807, 2.05) is 30.3 Å². The molecule has 1 amide bonds. The lowest BCUT2D eigenvalue weighted by Crippen LogP contribution is -2.22. The van der Waals surface area contributed by atoms with Crippen molar-refractivity contribution in [2.75, 3.05) is 0 Å². The van der Waals surface area contributed by atoms with Crippen LogP contribution in [0.2, 0.25) is 0 Å². The highest BCUT2D eigenvalue weighted by molar-refractivity contribution is 5.99. The van der Waals surface area contributed by atoms with Crippen LogP contribution in [0, 0.1) is 13.8 Å². The number of fused-ring (bicyclic) bond motifs is 1. The molecule has 0 atom stereocenters. The van der Waals surface area contributed by atoms with Crippen molar-refractivity contribution in [3.05, 3.63) is 58.9 Å². The van der Waals surface area contributed by atoms with Gasteiger partial charge in [-0.1, -0.05) is 30.3 Å². The first-order valence-electron chi connectivity index (χ1n) is 6.94. The molecule has 0 fully saturated rings. The maximum atomic E-state index is 12.3. The maximum absolute atomic E-state index is 12.3. The average Bonchev–Trinajstić information content (AvgIpc) is 2.95. The summed E-state index contributed by atoms with van der Waals surface area (Å²) < 4.78 is 1.28. The Bertz CT molecular complexity index is 840. The zero-order valence-corrected chi connectivity index (χ0v) is 12.4. The number of benzene rings is 1. The van der Waals surface area contributed by atoms with Crippen LogP contribution in [-0.4, -0.2) is 25.6 Å². The molecule has 6 nitrogen and oxygen atoms in total. The van der Waals surface area contributed by atoms with Gasteiger partial charge in [0.1, 0.15) is 5.56 Å². The van der Waals surface area contributed by atoms with E-state index in [0.717, 1.165) is 5.56 Å². The van der Waals surface area contributed by atoms with E-state index in [1.165, 1.54) is 10.7 Å². The summed E-state index contributed by atoms with van der Waals surface area (Å²) in [5.41, 5.74) is 3.02. The van der Waals surface area contributed by atoms with E-state index in [2.05, 4.69) is 15.4 Å². The van der Waals surface area contributed by atoms with Gasteiger partial charge >= 0.3 is 0 Å². The standard InChI is InChI=1S/C16H16N4O2/c1-10-11(2)19-14-13(9-18-20(14)16(10)22)15(21)17-8-12-6-4-3-5-7-12/h3-7,9,22H,8H2,1-2H3,(H,17,21). The zero-order chi connectivity index (χ0) is 15.7. The third-order valence-corrected chi connectivity index (χ3v) is 3.64. The van der Waals surface area contributed by atoms with E-state index in [9.17, 15) is 9.90 Å². The topological polar surface area (TPSA) is 79.5 Å². The number of aromatic hydroxyl groups is 1. The number of rotatable bonds is 3. The number of nitrogens with one attached hydrogen (secondary N) is 1. The number of carbonyl (C=O) groups is 1. The van der Waals surface area contributed by atoms with Crippen molar-refractivity contribution in [2.24, 2.45) is 0 Å². The summed E-state index contributed by atoms with van der Waals surface area (Å²) in [4.78, 5) is 16.7. The molecule has 0 aliphatic carbocycles. The number of hydrogen-bond acceptors (Lipinski definition) is 4. The smallest absolute Gasteiger partial charge is 0.257 e. The van der Waals surface area contributed by atoms with Crippen LogP contribution in [0.25, 0.3) is 5.65 Å². The van der Waals surface area contributed by atoms with Gasteiger partial charge in [-0.25, -0.2) is 4.98 Å². The number of aromatic nitrogens is 3. The molecule has 2 aromatic heterocycles. The summed E-state index contributed by atoms with van der Waals surface area (Å²) in [6, 6.07) is 9.64. The van der Waals surface area contributed by atoms with Crippen molar-refractivity contribution in [1.29, 1.82) is 0 Å². The molecule has 0 saturated carbocycles. The van der Waals surface area contributed by atoms with E-state index >= 15 is 0 Å². The minimum Gasteiger partial charge on any atom is -0.493 e. The minimum absolute atomic E-state index is 0.00427. The monoisotopic (exact) mass is 296 g/mol. The summed E-state index contributed by atoms with van der Waals surface area (Å²) in [6.07, 6.45) is 1.42. The van der Waals surface area contributed by atoms with Gasteiger partial charge in [-0.15, -0.1) is 0 Å². The predicted molar refractivity (Wildman–Crippen MR) is 81.7 cm³/mol. The van der Waals surface area contributed by atoms with E-state index in [1.54, 1.807) is 13.8 Å². The van der Waals surface area contributed by atoms with E-state index in [-0.39, 0.29) is 11.8 Å². The van der Waals surface area contributed by atoms with Crippen LogP contribution in [0.3, 0.4) is 0 Å². The van der Waals surface area contributed by atoms with Gasteiger partial charge in [0.25, 0.3) is 5.91 Å². The summed E-state index contributed by atoms with van der Waals surface area (Å²) in [7, 11) is 0. The molecule has 0 saturated heterocycles. The molecule has 112 valence electrons. The quantitative estimate of drug-likeness (QED) is 0.774. The molecule has 0 spiro atoms. The molecular formula is C16H16N4O2. The number of amides is 1. The summed E-state index contributed by atoms with van der Waals surface area (Å²) in [6.45, 7) is 3.97. The minimum atomic E-state index is -0.269. The molecule has 0 radical (unpaired) electrons. The van der Waals surface area contributed by atoms with Crippen molar-refractivity contribution in [2.45, 2.75) is 20.4 Å². The fourth-order valence-electron chi connectivity index (χ4n) is 2.20. The van der Waals surface area contributed by atoms with E-state index in [0.29, 0.717) is 29.0 Å². The zero-order valence-electron chi connectivity index (χ0n) is 12.4. The lowest BCUT2D eigenvalue weighted by Gasteiger charge is -2.06. The van der Waals surface area contributed by atoms with Gasteiger partial charge in [0.15, 0.2) is 5.65 Å². The fourth-order valence-corrected chi connectivity index (χ4v) is 2.20. The summed E-state index contributed by atoms with van der Waals surface area (Å²) >= 11 is 0. The molecule has 1 aromatic carbocycles. The number of carbonyl (C=O) groups excluding carboxylic acids is 1. The van der Waals surface area contributed by atoms with E-state index in [4.69, 9.17) is 0 Å². The molecule has 2 N–H and O–H groups in total. The van der Waals surface area contributed by atoms with Crippen LogP contribution in [-0.2, 0) is 6.54 Å². The molecular weight excluding hydrogens is 280 g/mol. The lowest BCUT2D eigenvalue weighted by atomic mass is 10.2. The normalized spacial score (nSPS) is 10.8. The number of nitrogens with zero attached hydrogens (tertiary/aromatic N) is 3. The Kier molecular flexibility index (Phi) is 3.50. The molecule has 0 bridgehead atoms. The second kappa shape index (κ2) is 5.48. The number of aryl methyl sites for hydroxylation is 1. The molecule has 3 rings (SSSR count). The van der Waals surface area contributed by atoms with Crippen LogP contribution in [0.4, 0.5) is 0 Å². The molecule has 22 heavy (non-hydrogen) atoms. The highest BCUT2D eigenvalue weighted by Gasteiger charge is 2.17. The second-order valence-corrected chi connectivity index (χ2v) is 5.11. The van der Waals surface area contributed by atoms with Crippen molar-refractivity contribution in [1.82, 2.24) is 19.9 Å². The maximum Gasteiger partial charge on any atom is 0.257 e. The summed E-state index contributed by atoms with van der Waals surface area (Å²) in [5, 5.41) is 16.9. The Morgan fingerprint density at radius 3 is 2.73 bits per heavy atom. The molecule has 0 aliphatic rings. The largest absolute Gasteiger partial charge is 0.493 e. The van der Waals surface area contributed by atoms with Crippen LogP contribution in [0.15, 0.2) is 36.5 Å². The Hall–Kier alpha value is -2.89. The van der Waals surface area contributed by atoms with Gasteiger partial charge in [0.2, 0.25) is 5.88 Å². The van der Waals surface area contributed by atoms with Crippen LogP contribution in [0.5, 0.6) is 5.88 Å². The Morgan fingerprint density at radius 2 is 2.00 bits per heavy atom. The molecule has 3 aromatic rings. The first kappa shape index (κ1) is 14.1. The third-order valence-electron chi connectivity index (χ3n) is 3.64. The first-order valence-corrected chi connectivity index (χ1v) is 6.94. The van der Waals surface area contributed by atoms with Crippen molar-refractivity contribution < 1.29 is 9.90 Å². The van der Waals surface area contributed by atoms with Gasteiger partial charge in [0, 0.05) is 17.8 Å². The highest BCUT2D eigenvalue weighted by Crippen LogP contribution is 2.21. The molecule has 6 heteroatoms. The molecule has 0 unspecified atom stereocenters. The van der Waals surface area contributed by atoms with Crippen LogP contribution >= 0.6 is 0 Å². The van der Waals surface area contributed by atoms with Gasteiger partial charge in [-0.05, 0) is 19.4 Å². The average molecular weight is 296 g/mol. The van der Waals surface area contributed by atoms with Gasteiger partial charge in [-0.2, -0.15) is 9.61 Å². The lowest BCUT2D eigenvalue weighted by molar-refractivity contribution is 0.0952. The van der Waals surface area contributed by atoms with Crippen molar-refractivity contribution in [3.8, 4) is 5.88 Å². The highest BCUT2D eigenvalue weighted by atomic mass is 16.3. The SMILES string of the molecule is Cc1nc2c(C(=O)NCc3ccccc3)cnn2c(O)c1C. The van der Waals surface area contributed by atoms with Gasteiger partial charge < -0.3 is 10.4 Å². The van der Waals surface area contributed by atoms with Crippen LogP contribution in [0.1, 0.15) is 27.2 Å². The Morgan fingerprint density at radius 1 is 1.27 bits per heavy atom. The Labute approximate surface area is 127 Å². The van der Waals surface area contributed by atoms with Gasteiger partial charge in [0.05, 0.1) is 6.20 Å². The third kappa shape index (κ3) is 2.39. The predicted octanol–water partition coefficient (Wildman–Crippen LogP) is 1.98. The van der Waals surface area contributed by atoms with E-state index < -0.39 is 0 Å².